The maximum absolute atomic E-state index is 5.70. The number of benzene rings is 1. The van der Waals surface area contributed by atoms with E-state index >= 15 is 0 Å². The number of anilines is 1. The summed E-state index contributed by atoms with van der Waals surface area (Å²) in [5, 5.41) is 3.22. The molecule has 1 saturated heterocycles. The van der Waals surface area contributed by atoms with Crippen molar-refractivity contribution < 1.29 is 9.47 Å². The summed E-state index contributed by atoms with van der Waals surface area (Å²) in [6.45, 7) is 1.38. The molecule has 1 aromatic rings. The fourth-order valence-corrected chi connectivity index (χ4v) is 1.76. The molecule has 2 aliphatic rings. The highest BCUT2D eigenvalue weighted by Crippen LogP contribution is 2.35. The number of ether oxygens (including phenoxy) is 2. The average molecular weight is 218 g/mol. The molecular weight excluding hydrogens is 204 g/mol. The molecule has 2 atom stereocenters. The molecule has 2 aliphatic heterocycles. The number of rotatable bonds is 3. The largest absolute Gasteiger partial charge is 0.461 e. The van der Waals surface area contributed by atoms with Gasteiger partial charge in [0.2, 0.25) is 6.29 Å². The molecule has 4 heteroatoms. The lowest BCUT2D eigenvalue weighted by molar-refractivity contribution is 0.178. The van der Waals surface area contributed by atoms with Crippen LogP contribution in [0.15, 0.2) is 24.3 Å². The summed E-state index contributed by atoms with van der Waals surface area (Å²) in [7, 11) is 0. The molecule has 0 aromatic heterocycles. The topological polar surface area (TPSA) is 59.8 Å². The highest BCUT2D eigenvalue weighted by molar-refractivity contribution is 5.64. The molecule has 16 heavy (non-hydrogen) atoms. The summed E-state index contributed by atoms with van der Waals surface area (Å²) in [5.41, 5.74) is 7.56. The molecule has 0 aliphatic carbocycles. The lowest BCUT2D eigenvalue weighted by atomic mass is 10.1. The average Bonchev–Trinajstić information content (AvgIpc) is 3.03. The van der Waals surface area contributed by atoms with Crippen LogP contribution in [-0.4, -0.2) is 25.5 Å². The zero-order chi connectivity index (χ0) is 11.0. The lowest BCUT2D eigenvalue weighted by Crippen LogP contribution is -2.13. The summed E-state index contributed by atoms with van der Waals surface area (Å²) < 4.78 is 11.0. The van der Waals surface area contributed by atoms with Crippen LogP contribution in [0.5, 0.6) is 5.75 Å². The van der Waals surface area contributed by atoms with Gasteiger partial charge in [-0.15, -0.1) is 0 Å². The van der Waals surface area contributed by atoms with E-state index in [1.165, 1.54) is 0 Å². The van der Waals surface area contributed by atoms with Gasteiger partial charge in [-0.25, -0.2) is 0 Å². The zero-order valence-electron chi connectivity index (χ0n) is 8.85. The monoisotopic (exact) mass is 218 g/mol. The molecule has 3 rings (SSSR count). The third-order valence-corrected chi connectivity index (χ3v) is 2.68. The van der Waals surface area contributed by atoms with Gasteiger partial charge >= 0.3 is 0 Å². The third-order valence-electron chi connectivity index (χ3n) is 2.68. The van der Waals surface area contributed by atoms with Gasteiger partial charge in [-0.2, -0.15) is 0 Å². The summed E-state index contributed by atoms with van der Waals surface area (Å²) in [4.78, 5) is 0. The molecule has 0 spiro atoms. The van der Waals surface area contributed by atoms with E-state index in [0.29, 0.717) is 6.54 Å². The second kappa shape index (κ2) is 3.81. The molecule has 4 nitrogen and oxygen atoms in total. The van der Waals surface area contributed by atoms with Crippen LogP contribution < -0.4 is 15.8 Å². The van der Waals surface area contributed by atoms with E-state index in [2.05, 4.69) is 5.32 Å². The molecule has 2 unspecified atom stereocenters. The fourth-order valence-electron chi connectivity index (χ4n) is 1.76. The van der Waals surface area contributed by atoms with Gasteiger partial charge in [-0.3, -0.25) is 0 Å². The van der Waals surface area contributed by atoms with E-state index in [1.807, 2.05) is 30.4 Å². The first-order valence-electron chi connectivity index (χ1n) is 5.45. The first-order valence-corrected chi connectivity index (χ1v) is 5.45. The van der Waals surface area contributed by atoms with Crippen LogP contribution in [0.2, 0.25) is 0 Å². The van der Waals surface area contributed by atoms with E-state index in [0.717, 1.165) is 23.5 Å². The maximum Gasteiger partial charge on any atom is 0.231 e. The first-order chi connectivity index (χ1) is 7.86. The number of hydrogen-bond donors (Lipinski definition) is 2. The van der Waals surface area contributed by atoms with Crippen LogP contribution in [0.1, 0.15) is 5.56 Å². The Hall–Kier alpha value is -1.52. The normalized spacial score (nSPS) is 25.1. The van der Waals surface area contributed by atoms with Crippen LogP contribution in [0.25, 0.3) is 6.08 Å². The third kappa shape index (κ3) is 1.77. The number of epoxide rings is 1. The molecular formula is C12H14N2O2. The molecule has 0 radical (unpaired) electrons. The van der Waals surface area contributed by atoms with Crippen LogP contribution in [0.4, 0.5) is 5.69 Å². The molecule has 3 N–H and O–H groups in total. The molecule has 1 aromatic carbocycles. The Labute approximate surface area is 94.0 Å². The second-order valence-corrected chi connectivity index (χ2v) is 3.91. The Kier molecular flexibility index (Phi) is 2.31. The summed E-state index contributed by atoms with van der Waals surface area (Å²) in [5.74, 6) is 0.864. The Bertz CT molecular complexity index is 431. The highest BCUT2D eigenvalue weighted by Gasteiger charge is 2.40. The lowest BCUT2D eigenvalue weighted by Gasteiger charge is -2.10. The summed E-state index contributed by atoms with van der Waals surface area (Å²) >= 11 is 0. The van der Waals surface area contributed by atoms with Crippen molar-refractivity contribution in [1.82, 2.24) is 0 Å². The fraction of sp³-hybridized carbons (Fsp3) is 0.333. The van der Waals surface area contributed by atoms with Crippen LogP contribution in [0, 0.1) is 0 Å². The molecule has 0 bridgehead atoms. The van der Waals surface area contributed by atoms with Gasteiger partial charge in [-0.1, -0.05) is 6.08 Å². The van der Waals surface area contributed by atoms with E-state index in [9.17, 15) is 0 Å². The maximum atomic E-state index is 5.70. The van der Waals surface area contributed by atoms with Gasteiger partial charge in [0.1, 0.15) is 11.9 Å². The Morgan fingerprint density at radius 1 is 1.38 bits per heavy atom. The Balaban J connectivity index is 1.84. The van der Waals surface area contributed by atoms with Crippen molar-refractivity contribution in [2.75, 3.05) is 18.4 Å². The second-order valence-electron chi connectivity index (χ2n) is 3.91. The minimum absolute atomic E-state index is 0.0951. The van der Waals surface area contributed by atoms with E-state index < -0.39 is 0 Å². The van der Waals surface area contributed by atoms with Gasteiger partial charge in [0.05, 0.1) is 0 Å². The van der Waals surface area contributed by atoms with E-state index in [-0.39, 0.29) is 12.4 Å². The van der Waals surface area contributed by atoms with Gasteiger partial charge in [0, 0.05) is 30.4 Å². The SMILES string of the molecule is NCCNc1ccc2c(c1)OC1OC1C=C2. The number of nitrogens with one attached hydrogen (secondary N) is 1. The number of hydrogen-bond acceptors (Lipinski definition) is 4. The van der Waals surface area contributed by atoms with E-state index in [4.69, 9.17) is 15.2 Å². The van der Waals surface area contributed by atoms with Gasteiger partial charge in [0.15, 0.2) is 0 Å². The van der Waals surface area contributed by atoms with Crippen LogP contribution in [-0.2, 0) is 4.74 Å². The number of fused-ring (bicyclic) bond motifs is 2. The predicted molar refractivity (Wildman–Crippen MR) is 62.3 cm³/mol. The molecule has 0 amide bonds. The zero-order valence-corrected chi connectivity index (χ0v) is 8.85. The van der Waals surface area contributed by atoms with Crippen molar-refractivity contribution in [2.24, 2.45) is 5.73 Å². The van der Waals surface area contributed by atoms with Crippen LogP contribution in [0.3, 0.4) is 0 Å². The Morgan fingerprint density at radius 3 is 3.19 bits per heavy atom. The molecule has 0 saturated carbocycles. The number of nitrogens with two attached hydrogens (primary N) is 1. The minimum Gasteiger partial charge on any atom is -0.461 e. The molecule has 84 valence electrons. The van der Waals surface area contributed by atoms with Gasteiger partial charge in [0.25, 0.3) is 0 Å². The summed E-state index contributed by atoms with van der Waals surface area (Å²) in [6, 6.07) is 6.05. The smallest absolute Gasteiger partial charge is 0.231 e. The Morgan fingerprint density at radius 2 is 2.31 bits per heavy atom. The van der Waals surface area contributed by atoms with Gasteiger partial charge < -0.3 is 20.5 Å². The highest BCUT2D eigenvalue weighted by atomic mass is 16.8. The van der Waals surface area contributed by atoms with Crippen molar-refractivity contribution in [3.05, 3.63) is 29.8 Å². The van der Waals surface area contributed by atoms with Crippen molar-refractivity contribution in [2.45, 2.75) is 12.4 Å². The first kappa shape index (κ1) is 9.69. The minimum atomic E-state index is -0.0951. The standard InChI is InChI=1S/C12H14N2O2/c13-5-6-14-9-3-1-8-2-4-10-12(15-10)16-11(8)7-9/h1-4,7,10,12,14H,5-6,13H2. The summed E-state index contributed by atoms with van der Waals surface area (Å²) in [6.07, 6.45) is 4.11. The quantitative estimate of drug-likeness (QED) is 0.748. The van der Waals surface area contributed by atoms with Gasteiger partial charge in [-0.05, 0) is 18.2 Å². The molecule has 2 heterocycles. The molecule has 1 fully saturated rings. The van der Waals surface area contributed by atoms with Crippen molar-refractivity contribution in [3.8, 4) is 5.75 Å². The van der Waals surface area contributed by atoms with Crippen molar-refractivity contribution >= 4 is 11.8 Å². The predicted octanol–water partition coefficient (Wildman–Crippen LogP) is 1.19. The van der Waals surface area contributed by atoms with Crippen LogP contribution >= 0.6 is 0 Å². The van der Waals surface area contributed by atoms with E-state index in [1.54, 1.807) is 0 Å². The van der Waals surface area contributed by atoms with Crippen molar-refractivity contribution in [1.29, 1.82) is 0 Å². The van der Waals surface area contributed by atoms with Crippen molar-refractivity contribution in [3.63, 3.8) is 0 Å².